The normalized spacial score (nSPS) is 11.5. The molecule has 0 aromatic carbocycles. The van der Waals surface area contributed by atoms with E-state index in [1.165, 1.54) is 75.5 Å². The molecule has 0 aliphatic rings. The van der Waals surface area contributed by atoms with Crippen LogP contribution >= 0.6 is 0 Å². The SMILES string of the molecule is CC#CCOC(=O)N(C)C(C(=O)OCCCCCCCCCCCCCCC)C(C)C. The number of ether oxygens (including phenoxy) is 2. The van der Waals surface area contributed by atoms with Crippen LogP contribution in [0.2, 0.25) is 0 Å². The van der Waals surface area contributed by atoms with Crippen molar-refractivity contribution in [1.82, 2.24) is 4.90 Å². The van der Waals surface area contributed by atoms with Crippen molar-refractivity contribution in [2.45, 2.75) is 117 Å². The van der Waals surface area contributed by atoms with E-state index in [9.17, 15) is 9.59 Å². The van der Waals surface area contributed by atoms with Crippen molar-refractivity contribution < 1.29 is 19.1 Å². The number of amides is 1. The van der Waals surface area contributed by atoms with Gasteiger partial charge in [0, 0.05) is 7.05 Å². The second kappa shape index (κ2) is 20.2. The summed E-state index contributed by atoms with van der Waals surface area (Å²) in [5.74, 6) is 4.92. The fourth-order valence-electron chi connectivity index (χ4n) is 3.64. The van der Waals surface area contributed by atoms with Gasteiger partial charge >= 0.3 is 12.1 Å². The Morgan fingerprint density at radius 3 is 1.74 bits per heavy atom. The van der Waals surface area contributed by atoms with Crippen LogP contribution in [-0.4, -0.2) is 43.3 Å². The first-order valence-electron chi connectivity index (χ1n) is 12.4. The predicted octanol–water partition coefficient (Wildman–Crippen LogP) is 6.74. The number of carbonyl (C=O) groups is 2. The lowest BCUT2D eigenvalue weighted by atomic mass is 10.0. The Balaban J connectivity index is 3.85. The second-order valence-corrected chi connectivity index (χ2v) is 8.69. The van der Waals surface area contributed by atoms with Gasteiger partial charge in [0.05, 0.1) is 6.61 Å². The lowest BCUT2D eigenvalue weighted by molar-refractivity contribution is -0.150. The molecule has 5 heteroatoms. The maximum Gasteiger partial charge on any atom is 0.411 e. The molecule has 0 spiro atoms. The number of nitrogens with zero attached hydrogens (tertiary/aromatic N) is 1. The molecular weight excluding hydrogens is 390 g/mol. The van der Waals surface area contributed by atoms with Crippen LogP contribution in [0.4, 0.5) is 4.79 Å². The first-order chi connectivity index (χ1) is 15.0. The number of rotatable bonds is 18. The van der Waals surface area contributed by atoms with Gasteiger partial charge in [-0.15, -0.1) is 5.92 Å². The van der Waals surface area contributed by atoms with Gasteiger partial charge in [-0.3, -0.25) is 4.90 Å². The van der Waals surface area contributed by atoms with Gasteiger partial charge in [0.1, 0.15) is 6.04 Å². The average Bonchev–Trinajstić information content (AvgIpc) is 2.73. The molecule has 0 radical (unpaired) electrons. The van der Waals surface area contributed by atoms with E-state index in [0.717, 1.165) is 12.8 Å². The van der Waals surface area contributed by atoms with Crippen molar-refractivity contribution >= 4 is 12.1 Å². The minimum absolute atomic E-state index is 0.0263. The molecule has 0 aliphatic heterocycles. The van der Waals surface area contributed by atoms with Crippen molar-refractivity contribution in [3.8, 4) is 11.8 Å². The number of likely N-dealkylation sites (N-methyl/N-ethyl adjacent to an activating group) is 1. The standard InChI is InChI=1S/C26H47NO4/c1-6-8-10-11-12-13-14-15-16-17-18-19-20-22-30-25(28)24(23(3)4)27(5)26(29)31-21-9-7-2/h23-24H,6,8,10-22H2,1-5H3. The lowest BCUT2D eigenvalue weighted by Crippen LogP contribution is -2.46. The third kappa shape index (κ3) is 15.7. The predicted molar refractivity (Wildman–Crippen MR) is 128 cm³/mol. The largest absolute Gasteiger partial charge is 0.464 e. The van der Waals surface area contributed by atoms with Gasteiger partial charge < -0.3 is 9.47 Å². The van der Waals surface area contributed by atoms with Crippen LogP contribution < -0.4 is 0 Å². The smallest absolute Gasteiger partial charge is 0.411 e. The highest BCUT2D eigenvalue weighted by Crippen LogP contribution is 2.14. The van der Waals surface area contributed by atoms with Crippen LogP contribution in [0.15, 0.2) is 0 Å². The minimum Gasteiger partial charge on any atom is -0.464 e. The molecule has 1 unspecified atom stereocenters. The van der Waals surface area contributed by atoms with E-state index in [0.29, 0.717) is 6.61 Å². The monoisotopic (exact) mass is 437 g/mol. The molecule has 0 heterocycles. The Morgan fingerprint density at radius 2 is 1.29 bits per heavy atom. The maximum absolute atomic E-state index is 12.5. The second-order valence-electron chi connectivity index (χ2n) is 8.69. The van der Waals surface area contributed by atoms with E-state index in [4.69, 9.17) is 9.47 Å². The van der Waals surface area contributed by atoms with E-state index < -0.39 is 12.1 Å². The summed E-state index contributed by atoms with van der Waals surface area (Å²) in [5, 5.41) is 0. The van der Waals surface area contributed by atoms with E-state index in [1.807, 2.05) is 13.8 Å². The third-order valence-corrected chi connectivity index (χ3v) is 5.52. The zero-order valence-electron chi connectivity index (χ0n) is 20.8. The summed E-state index contributed by atoms with van der Waals surface area (Å²) < 4.78 is 10.5. The molecule has 0 bridgehead atoms. The average molecular weight is 438 g/mol. The number of esters is 1. The Hall–Kier alpha value is -1.70. The summed E-state index contributed by atoms with van der Waals surface area (Å²) in [6, 6.07) is -0.649. The fraction of sp³-hybridized carbons (Fsp3) is 0.846. The summed E-state index contributed by atoms with van der Waals surface area (Å²) >= 11 is 0. The van der Waals surface area contributed by atoms with E-state index in [2.05, 4.69) is 18.8 Å². The third-order valence-electron chi connectivity index (χ3n) is 5.52. The molecule has 1 atom stereocenters. The van der Waals surface area contributed by atoms with Gasteiger partial charge in [0.2, 0.25) is 0 Å². The van der Waals surface area contributed by atoms with Crippen LogP contribution in [0.25, 0.3) is 0 Å². The van der Waals surface area contributed by atoms with Gasteiger partial charge in [-0.05, 0) is 19.3 Å². The van der Waals surface area contributed by atoms with Crippen LogP contribution in [0.5, 0.6) is 0 Å². The minimum atomic E-state index is -0.649. The fourth-order valence-corrected chi connectivity index (χ4v) is 3.64. The summed E-state index contributed by atoms with van der Waals surface area (Å²) in [6.45, 7) is 8.17. The Morgan fingerprint density at radius 1 is 0.806 bits per heavy atom. The first kappa shape index (κ1) is 29.3. The zero-order valence-corrected chi connectivity index (χ0v) is 20.8. The molecule has 0 saturated heterocycles. The van der Waals surface area contributed by atoms with Crippen LogP contribution in [0.1, 0.15) is 111 Å². The molecule has 0 rings (SSSR count). The molecule has 0 N–H and O–H groups in total. The van der Waals surface area contributed by atoms with Gasteiger partial charge in [0.25, 0.3) is 0 Å². The summed E-state index contributed by atoms with van der Waals surface area (Å²) in [4.78, 5) is 25.9. The maximum atomic E-state index is 12.5. The highest BCUT2D eigenvalue weighted by Gasteiger charge is 2.32. The molecule has 0 fully saturated rings. The zero-order chi connectivity index (χ0) is 23.3. The molecule has 0 aliphatic carbocycles. The van der Waals surface area contributed by atoms with Crippen molar-refractivity contribution in [1.29, 1.82) is 0 Å². The van der Waals surface area contributed by atoms with Crippen molar-refractivity contribution in [2.24, 2.45) is 5.92 Å². The van der Waals surface area contributed by atoms with Crippen LogP contribution in [0.3, 0.4) is 0 Å². The van der Waals surface area contributed by atoms with E-state index in [1.54, 1.807) is 14.0 Å². The van der Waals surface area contributed by atoms with E-state index in [-0.39, 0.29) is 18.5 Å². The lowest BCUT2D eigenvalue weighted by Gasteiger charge is -2.28. The van der Waals surface area contributed by atoms with Gasteiger partial charge in [-0.1, -0.05) is 104 Å². The Labute approximate surface area is 191 Å². The van der Waals surface area contributed by atoms with Gasteiger partial charge in [0.15, 0.2) is 6.61 Å². The molecule has 0 aromatic heterocycles. The highest BCUT2D eigenvalue weighted by molar-refractivity contribution is 5.81. The molecule has 5 nitrogen and oxygen atoms in total. The van der Waals surface area contributed by atoms with E-state index >= 15 is 0 Å². The Kier molecular flexibility index (Phi) is 19.1. The number of unbranched alkanes of at least 4 members (excludes halogenated alkanes) is 12. The molecule has 0 aromatic rings. The summed E-state index contributed by atoms with van der Waals surface area (Å²) in [5.41, 5.74) is 0. The topological polar surface area (TPSA) is 55.8 Å². The van der Waals surface area contributed by atoms with Crippen molar-refractivity contribution in [3.05, 3.63) is 0 Å². The first-order valence-corrected chi connectivity index (χ1v) is 12.4. The summed E-state index contributed by atoms with van der Waals surface area (Å²) in [7, 11) is 1.57. The van der Waals surface area contributed by atoms with Crippen molar-refractivity contribution in [2.75, 3.05) is 20.3 Å². The number of hydrogen-bond donors (Lipinski definition) is 0. The molecule has 31 heavy (non-hydrogen) atoms. The van der Waals surface area contributed by atoms with Crippen molar-refractivity contribution in [3.63, 3.8) is 0 Å². The van der Waals surface area contributed by atoms with Crippen LogP contribution in [0, 0.1) is 17.8 Å². The quantitative estimate of drug-likeness (QED) is 0.135. The molecule has 0 saturated carbocycles. The van der Waals surface area contributed by atoms with Gasteiger partial charge in [-0.25, -0.2) is 9.59 Å². The molecule has 180 valence electrons. The summed E-state index contributed by atoms with van der Waals surface area (Å²) in [6.07, 6.45) is 16.1. The van der Waals surface area contributed by atoms with Crippen LogP contribution in [-0.2, 0) is 14.3 Å². The Bertz CT molecular complexity index is 521. The molecular formula is C26H47NO4. The molecule has 1 amide bonds. The number of hydrogen-bond acceptors (Lipinski definition) is 4. The number of carbonyl (C=O) groups excluding carboxylic acids is 2. The van der Waals surface area contributed by atoms with Gasteiger partial charge in [-0.2, -0.15) is 0 Å². The highest BCUT2D eigenvalue weighted by atomic mass is 16.6.